The number of Topliss-reactive ketones (excluding diaryl/α,β-unsaturated/α-hetero) is 1. The van der Waals surface area contributed by atoms with Crippen molar-refractivity contribution in [3.8, 4) is 11.3 Å². The van der Waals surface area contributed by atoms with E-state index < -0.39 is 0 Å². The van der Waals surface area contributed by atoms with Crippen LogP contribution in [0.2, 0.25) is 5.02 Å². The SMILES string of the molecule is O=C(CSc1nc2c(c(=O)[nH]1)C1(CCCCC1)Cc1ccccc1-2)c1ccc(Cl)cc1. The van der Waals surface area contributed by atoms with E-state index in [0.29, 0.717) is 15.7 Å². The molecule has 31 heavy (non-hydrogen) atoms. The highest BCUT2D eigenvalue weighted by molar-refractivity contribution is 7.99. The Morgan fingerprint density at radius 2 is 1.81 bits per heavy atom. The fourth-order valence-electron chi connectivity index (χ4n) is 5.07. The standard InChI is InChI=1S/C25H23ClN2O2S/c26-18-10-8-16(9-11-18)20(29)15-31-24-27-22-19-7-3-2-6-17(19)14-25(12-4-1-5-13-25)21(22)23(30)28-24/h2-3,6-11H,1,4-5,12-15H2,(H,27,28,30). The van der Waals surface area contributed by atoms with E-state index in [0.717, 1.165) is 48.9 Å². The molecule has 1 N–H and O–H groups in total. The number of rotatable bonds is 4. The normalized spacial score (nSPS) is 16.5. The minimum absolute atomic E-state index is 0.0220. The van der Waals surface area contributed by atoms with Gasteiger partial charge >= 0.3 is 0 Å². The number of hydrogen-bond donors (Lipinski definition) is 1. The molecule has 0 radical (unpaired) electrons. The first kappa shape index (κ1) is 20.5. The number of H-pyrrole nitrogens is 1. The molecule has 4 nitrogen and oxygen atoms in total. The summed E-state index contributed by atoms with van der Waals surface area (Å²) in [6.45, 7) is 0. The maximum Gasteiger partial charge on any atom is 0.255 e. The van der Waals surface area contributed by atoms with Gasteiger partial charge in [-0.05, 0) is 49.1 Å². The number of carbonyl (C=O) groups is 1. The molecular formula is C25H23ClN2O2S. The first-order valence-corrected chi connectivity index (χ1v) is 12.1. The first-order valence-electron chi connectivity index (χ1n) is 10.7. The highest BCUT2D eigenvalue weighted by atomic mass is 35.5. The Balaban J connectivity index is 1.50. The number of carbonyl (C=O) groups excluding carboxylic acids is 1. The molecular weight excluding hydrogens is 428 g/mol. The Morgan fingerprint density at radius 1 is 1.06 bits per heavy atom. The van der Waals surface area contributed by atoms with Crippen LogP contribution in [0.4, 0.5) is 0 Å². The fraction of sp³-hybridized carbons (Fsp3) is 0.320. The zero-order chi connectivity index (χ0) is 21.4. The lowest BCUT2D eigenvalue weighted by Crippen LogP contribution is -2.40. The van der Waals surface area contributed by atoms with E-state index in [1.54, 1.807) is 24.3 Å². The van der Waals surface area contributed by atoms with Gasteiger partial charge in [-0.1, -0.05) is 66.9 Å². The largest absolute Gasteiger partial charge is 0.301 e. The van der Waals surface area contributed by atoms with E-state index in [1.807, 2.05) is 6.07 Å². The molecule has 6 heteroatoms. The van der Waals surface area contributed by atoms with Crippen molar-refractivity contribution in [2.24, 2.45) is 0 Å². The molecule has 0 atom stereocenters. The maximum atomic E-state index is 13.3. The van der Waals surface area contributed by atoms with Gasteiger partial charge in [0.25, 0.3) is 5.56 Å². The molecule has 2 aliphatic carbocycles. The highest BCUT2D eigenvalue weighted by Gasteiger charge is 2.42. The van der Waals surface area contributed by atoms with Gasteiger partial charge in [0.15, 0.2) is 10.9 Å². The number of fused-ring (bicyclic) bond motifs is 4. The zero-order valence-corrected chi connectivity index (χ0v) is 18.7. The van der Waals surface area contributed by atoms with Crippen LogP contribution in [0.25, 0.3) is 11.3 Å². The number of nitrogens with zero attached hydrogens (tertiary/aromatic N) is 1. The Morgan fingerprint density at radius 3 is 2.58 bits per heavy atom. The van der Waals surface area contributed by atoms with E-state index in [2.05, 4.69) is 23.2 Å². The summed E-state index contributed by atoms with van der Waals surface area (Å²) in [6.07, 6.45) is 6.48. The van der Waals surface area contributed by atoms with E-state index in [1.165, 1.54) is 23.7 Å². The van der Waals surface area contributed by atoms with Gasteiger partial charge in [0.1, 0.15) is 0 Å². The molecule has 0 bridgehead atoms. The van der Waals surface area contributed by atoms with Gasteiger partial charge in [0, 0.05) is 21.6 Å². The second-order valence-electron chi connectivity index (χ2n) is 8.49. The van der Waals surface area contributed by atoms with Crippen molar-refractivity contribution in [3.63, 3.8) is 0 Å². The Kier molecular flexibility index (Phi) is 5.49. The van der Waals surface area contributed by atoms with Gasteiger partial charge in [-0.15, -0.1) is 0 Å². The maximum absolute atomic E-state index is 13.3. The van der Waals surface area contributed by atoms with Crippen LogP contribution >= 0.6 is 23.4 Å². The summed E-state index contributed by atoms with van der Waals surface area (Å²) < 4.78 is 0. The van der Waals surface area contributed by atoms with E-state index >= 15 is 0 Å². The number of benzene rings is 2. The van der Waals surface area contributed by atoms with Crippen LogP contribution in [0.5, 0.6) is 0 Å². The molecule has 0 aliphatic heterocycles. The Labute approximate surface area is 190 Å². The minimum atomic E-state index is -0.120. The molecule has 158 valence electrons. The van der Waals surface area contributed by atoms with Crippen LogP contribution in [-0.4, -0.2) is 21.5 Å². The predicted molar refractivity (Wildman–Crippen MR) is 125 cm³/mol. The first-order chi connectivity index (χ1) is 15.1. The van der Waals surface area contributed by atoms with Crippen LogP contribution < -0.4 is 5.56 Å². The number of aromatic nitrogens is 2. The average Bonchev–Trinajstić information content (AvgIpc) is 2.78. The van der Waals surface area contributed by atoms with Gasteiger partial charge in [-0.2, -0.15) is 0 Å². The molecule has 5 rings (SSSR count). The summed E-state index contributed by atoms with van der Waals surface area (Å²) in [4.78, 5) is 33.7. The van der Waals surface area contributed by atoms with Gasteiger partial charge < -0.3 is 4.98 Å². The number of aromatic amines is 1. The van der Waals surface area contributed by atoms with Gasteiger partial charge in [-0.3, -0.25) is 9.59 Å². The molecule has 0 amide bonds. The molecule has 1 aromatic heterocycles. The Hall–Kier alpha value is -2.37. The molecule has 1 saturated carbocycles. The Bertz CT molecular complexity index is 1200. The summed E-state index contributed by atoms with van der Waals surface area (Å²) in [5, 5.41) is 1.09. The van der Waals surface area contributed by atoms with Gasteiger partial charge in [0.05, 0.1) is 17.0 Å². The summed E-state index contributed by atoms with van der Waals surface area (Å²) in [6, 6.07) is 15.1. The monoisotopic (exact) mass is 450 g/mol. The third-order valence-electron chi connectivity index (χ3n) is 6.55. The number of thioether (sulfide) groups is 1. The van der Waals surface area contributed by atoms with Crippen LogP contribution in [0.1, 0.15) is 53.6 Å². The lowest BCUT2D eigenvalue weighted by Gasteiger charge is -2.41. The zero-order valence-electron chi connectivity index (χ0n) is 17.1. The summed E-state index contributed by atoms with van der Waals surface area (Å²) in [5.41, 5.74) is 4.39. The molecule has 2 aliphatic rings. The quantitative estimate of drug-likeness (QED) is 0.309. The molecule has 1 spiro atoms. The van der Waals surface area contributed by atoms with Crippen molar-refractivity contribution in [2.45, 2.75) is 49.1 Å². The summed E-state index contributed by atoms with van der Waals surface area (Å²) >= 11 is 7.19. The van der Waals surface area contributed by atoms with Crippen molar-refractivity contribution in [1.29, 1.82) is 0 Å². The molecule has 0 unspecified atom stereocenters. The van der Waals surface area contributed by atoms with Gasteiger partial charge in [0.2, 0.25) is 0 Å². The van der Waals surface area contributed by atoms with E-state index in [-0.39, 0.29) is 22.5 Å². The van der Waals surface area contributed by atoms with Crippen molar-refractivity contribution < 1.29 is 4.79 Å². The van der Waals surface area contributed by atoms with Crippen molar-refractivity contribution in [1.82, 2.24) is 9.97 Å². The fourth-order valence-corrected chi connectivity index (χ4v) is 5.96. The van der Waals surface area contributed by atoms with E-state index in [4.69, 9.17) is 16.6 Å². The second-order valence-corrected chi connectivity index (χ2v) is 9.89. The van der Waals surface area contributed by atoms with Crippen LogP contribution in [0.3, 0.4) is 0 Å². The highest BCUT2D eigenvalue weighted by Crippen LogP contribution is 2.48. The molecule has 3 aromatic rings. The number of nitrogens with one attached hydrogen (secondary N) is 1. The lowest BCUT2D eigenvalue weighted by atomic mass is 9.62. The molecule has 0 saturated heterocycles. The average molecular weight is 451 g/mol. The number of ketones is 1. The summed E-state index contributed by atoms with van der Waals surface area (Å²) in [5.74, 6) is 0.182. The van der Waals surface area contributed by atoms with Crippen LogP contribution in [0.15, 0.2) is 58.5 Å². The van der Waals surface area contributed by atoms with Crippen molar-refractivity contribution in [3.05, 3.63) is 80.6 Å². The molecule has 1 fully saturated rings. The summed E-state index contributed by atoms with van der Waals surface area (Å²) in [7, 11) is 0. The number of halogens is 1. The van der Waals surface area contributed by atoms with Crippen LogP contribution in [-0.2, 0) is 11.8 Å². The topological polar surface area (TPSA) is 62.8 Å². The smallest absolute Gasteiger partial charge is 0.255 e. The third kappa shape index (κ3) is 3.85. The predicted octanol–water partition coefficient (Wildman–Crippen LogP) is 5.82. The number of hydrogen-bond acceptors (Lipinski definition) is 4. The van der Waals surface area contributed by atoms with Gasteiger partial charge in [-0.25, -0.2) is 4.98 Å². The lowest BCUT2D eigenvalue weighted by molar-refractivity contribution is 0.102. The second kappa shape index (κ2) is 8.29. The molecule has 1 heterocycles. The van der Waals surface area contributed by atoms with Crippen molar-refractivity contribution >= 4 is 29.1 Å². The van der Waals surface area contributed by atoms with E-state index in [9.17, 15) is 9.59 Å². The molecule has 2 aromatic carbocycles. The third-order valence-corrected chi connectivity index (χ3v) is 7.67. The van der Waals surface area contributed by atoms with Crippen molar-refractivity contribution in [2.75, 3.05) is 5.75 Å². The van der Waals surface area contributed by atoms with Crippen LogP contribution in [0, 0.1) is 0 Å². The minimum Gasteiger partial charge on any atom is -0.301 e.